The Bertz CT molecular complexity index is 556. The van der Waals surface area contributed by atoms with E-state index in [2.05, 4.69) is 0 Å². The molecular formula is C16H15F3O. The van der Waals surface area contributed by atoms with Crippen LogP contribution in [0.4, 0.5) is 13.2 Å². The number of ether oxygens (including phenoxy) is 1. The fraction of sp³-hybridized carbons (Fsp3) is 0.250. The van der Waals surface area contributed by atoms with E-state index in [1.807, 2.05) is 31.2 Å². The maximum absolute atomic E-state index is 13.1. The van der Waals surface area contributed by atoms with Gasteiger partial charge in [-0.3, -0.25) is 0 Å². The van der Waals surface area contributed by atoms with Crippen molar-refractivity contribution in [3.8, 4) is 5.75 Å². The summed E-state index contributed by atoms with van der Waals surface area (Å²) in [5, 5.41) is 0. The van der Waals surface area contributed by atoms with E-state index >= 15 is 0 Å². The van der Waals surface area contributed by atoms with Crippen molar-refractivity contribution in [2.75, 3.05) is 6.61 Å². The van der Waals surface area contributed by atoms with Crippen molar-refractivity contribution in [2.24, 2.45) is 0 Å². The highest BCUT2D eigenvalue weighted by molar-refractivity contribution is 5.28. The van der Waals surface area contributed by atoms with E-state index in [-0.39, 0.29) is 0 Å². The first kappa shape index (κ1) is 14.4. The second-order valence-electron chi connectivity index (χ2n) is 4.45. The van der Waals surface area contributed by atoms with Crippen molar-refractivity contribution in [3.05, 3.63) is 65.0 Å². The molecule has 2 aromatic rings. The third-order valence-corrected chi connectivity index (χ3v) is 2.98. The molecule has 0 spiro atoms. The molecular weight excluding hydrogens is 265 g/mol. The van der Waals surface area contributed by atoms with E-state index in [1.165, 1.54) is 0 Å². The van der Waals surface area contributed by atoms with Gasteiger partial charge in [0.25, 0.3) is 0 Å². The monoisotopic (exact) mass is 280 g/mol. The SMILES string of the molecule is CCOc1ccc(CCc2cc(F)c(F)c(F)c2)cc1. The summed E-state index contributed by atoms with van der Waals surface area (Å²) < 4.78 is 44.3. The molecule has 0 aliphatic carbocycles. The molecule has 2 aromatic carbocycles. The van der Waals surface area contributed by atoms with Gasteiger partial charge < -0.3 is 4.74 Å². The molecule has 0 N–H and O–H groups in total. The van der Waals surface area contributed by atoms with Crippen LogP contribution >= 0.6 is 0 Å². The van der Waals surface area contributed by atoms with Crippen LogP contribution in [-0.4, -0.2) is 6.61 Å². The minimum absolute atomic E-state index is 0.440. The van der Waals surface area contributed by atoms with Crippen molar-refractivity contribution < 1.29 is 17.9 Å². The van der Waals surface area contributed by atoms with Crippen LogP contribution in [0.3, 0.4) is 0 Å². The summed E-state index contributed by atoms with van der Waals surface area (Å²) in [6.45, 7) is 2.51. The van der Waals surface area contributed by atoms with Gasteiger partial charge in [-0.15, -0.1) is 0 Å². The highest BCUT2D eigenvalue weighted by Crippen LogP contribution is 2.17. The summed E-state index contributed by atoms with van der Waals surface area (Å²) in [6, 6.07) is 9.58. The number of hydrogen-bond donors (Lipinski definition) is 0. The highest BCUT2D eigenvalue weighted by atomic mass is 19.2. The highest BCUT2D eigenvalue weighted by Gasteiger charge is 2.10. The van der Waals surface area contributed by atoms with Crippen LogP contribution in [0.25, 0.3) is 0 Å². The summed E-state index contributed by atoms with van der Waals surface area (Å²) in [6.07, 6.45) is 1.07. The Labute approximate surface area is 116 Å². The van der Waals surface area contributed by atoms with E-state index in [1.54, 1.807) is 0 Å². The van der Waals surface area contributed by atoms with E-state index in [4.69, 9.17) is 4.74 Å². The molecule has 0 aliphatic heterocycles. The van der Waals surface area contributed by atoms with Crippen LogP contribution in [0.5, 0.6) is 5.75 Å². The van der Waals surface area contributed by atoms with Gasteiger partial charge in [0.2, 0.25) is 0 Å². The summed E-state index contributed by atoms with van der Waals surface area (Å²) in [7, 11) is 0. The van der Waals surface area contributed by atoms with E-state index in [0.29, 0.717) is 25.0 Å². The van der Waals surface area contributed by atoms with Crippen molar-refractivity contribution >= 4 is 0 Å². The molecule has 0 unspecified atom stereocenters. The number of benzene rings is 2. The quantitative estimate of drug-likeness (QED) is 0.742. The fourth-order valence-electron chi connectivity index (χ4n) is 1.96. The van der Waals surface area contributed by atoms with Crippen LogP contribution in [0.2, 0.25) is 0 Å². The molecule has 0 bridgehead atoms. The Morgan fingerprint density at radius 3 is 1.95 bits per heavy atom. The summed E-state index contributed by atoms with van der Waals surface area (Å²) >= 11 is 0. The molecule has 2 rings (SSSR count). The fourth-order valence-corrected chi connectivity index (χ4v) is 1.96. The normalized spacial score (nSPS) is 10.6. The van der Waals surface area contributed by atoms with Crippen LogP contribution < -0.4 is 4.74 Å². The second-order valence-corrected chi connectivity index (χ2v) is 4.45. The van der Waals surface area contributed by atoms with Crippen molar-refractivity contribution in [3.63, 3.8) is 0 Å². The summed E-state index contributed by atoms with van der Waals surface area (Å²) in [4.78, 5) is 0. The van der Waals surface area contributed by atoms with Crippen LogP contribution in [0.15, 0.2) is 36.4 Å². The minimum Gasteiger partial charge on any atom is -0.494 e. The topological polar surface area (TPSA) is 9.23 Å². The van der Waals surface area contributed by atoms with Crippen molar-refractivity contribution in [2.45, 2.75) is 19.8 Å². The zero-order valence-electron chi connectivity index (χ0n) is 11.1. The molecule has 0 aliphatic rings. The molecule has 106 valence electrons. The molecule has 0 saturated heterocycles. The number of halogens is 3. The van der Waals surface area contributed by atoms with Gasteiger partial charge in [-0.2, -0.15) is 0 Å². The predicted molar refractivity (Wildman–Crippen MR) is 71.3 cm³/mol. The lowest BCUT2D eigenvalue weighted by Crippen LogP contribution is -1.97. The Hall–Kier alpha value is -1.97. The van der Waals surface area contributed by atoms with Gasteiger partial charge in [-0.25, -0.2) is 13.2 Å². The smallest absolute Gasteiger partial charge is 0.194 e. The Morgan fingerprint density at radius 2 is 1.40 bits per heavy atom. The first-order valence-electron chi connectivity index (χ1n) is 6.45. The van der Waals surface area contributed by atoms with Gasteiger partial charge >= 0.3 is 0 Å². The lowest BCUT2D eigenvalue weighted by atomic mass is 10.0. The minimum atomic E-state index is -1.42. The van der Waals surface area contributed by atoms with Crippen LogP contribution in [0, 0.1) is 17.5 Å². The van der Waals surface area contributed by atoms with Gasteiger partial charge in [-0.05, 0) is 55.2 Å². The van der Waals surface area contributed by atoms with Gasteiger partial charge in [0.1, 0.15) is 5.75 Å². The molecule has 0 radical (unpaired) electrons. The van der Waals surface area contributed by atoms with Crippen LogP contribution in [-0.2, 0) is 12.8 Å². The predicted octanol–water partition coefficient (Wildman–Crippen LogP) is 4.29. The number of rotatable bonds is 5. The standard InChI is InChI=1S/C16H15F3O/c1-2-20-13-7-5-11(6-8-13)3-4-12-9-14(17)16(19)15(18)10-12/h5-10H,2-4H2,1H3. The molecule has 1 nitrogen and oxygen atoms in total. The number of aryl methyl sites for hydroxylation is 2. The maximum atomic E-state index is 13.1. The van der Waals surface area contributed by atoms with E-state index in [9.17, 15) is 13.2 Å². The lowest BCUT2D eigenvalue weighted by molar-refractivity contribution is 0.340. The molecule has 0 amide bonds. The van der Waals surface area contributed by atoms with E-state index < -0.39 is 17.5 Å². The molecule has 0 heterocycles. The molecule has 0 atom stereocenters. The summed E-state index contributed by atoms with van der Waals surface area (Å²) in [5.41, 5.74) is 1.47. The Balaban J connectivity index is 2.01. The van der Waals surface area contributed by atoms with Crippen LogP contribution in [0.1, 0.15) is 18.1 Å². The third kappa shape index (κ3) is 3.53. The first-order chi connectivity index (χ1) is 9.60. The zero-order valence-corrected chi connectivity index (χ0v) is 11.1. The largest absolute Gasteiger partial charge is 0.494 e. The molecule has 0 aromatic heterocycles. The third-order valence-electron chi connectivity index (χ3n) is 2.98. The zero-order chi connectivity index (χ0) is 14.5. The second kappa shape index (κ2) is 6.46. The lowest BCUT2D eigenvalue weighted by Gasteiger charge is -2.06. The van der Waals surface area contributed by atoms with E-state index in [0.717, 1.165) is 23.4 Å². The molecule has 0 saturated carbocycles. The average Bonchev–Trinajstić information content (AvgIpc) is 2.44. The van der Waals surface area contributed by atoms with Gasteiger partial charge in [0.15, 0.2) is 17.5 Å². The number of hydrogen-bond acceptors (Lipinski definition) is 1. The molecule has 4 heteroatoms. The van der Waals surface area contributed by atoms with Crippen molar-refractivity contribution in [1.82, 2.24) is 0 Å². The summed E-state index contributed by atoms with van der Waals surface area (Å²) in [5.74, 6) is -2.93. The molecule has 0 fully saturated rings. The van der Waals surface area contributed by atoms with Gasteiger partial charge in [-0.1, -0.05) is 12.1 Å². The van der Waals surface area contributed by atoms with Gasteiger partial charge in [0.05, 0.1) is 6.61 Å². The average molecular weight is 280 g/mol. The van der Waals surface area contributed by atoms with Crippen molar-refractivity contribution in [1.29, 1.82) is 0 Å². The molecule has 20 heavy (non-hydrogen) atoms. The Kier molecular flexibility index (Phi) is 4.66. The first-order valence-corrected chi connectivity index (χ1v) is 6.45. The van der Waals surface area contributed by atoms with Gasteiger partial charge in [0, 0.05) is 0 Å². The maximum Gasteiger partial charge on any atom is 0.194 e. The Morgan fingerprint density at radius 1 is 0.850 bits per heavy atom.